The maximum Gasteiger partial charge on any atom is 0.123 e. The van der Waals surface area contributed by atoms with Gasteiger partial charge in [-0.2, -0.15) is 0 Å². The van der Waals surface area contributed by atoms with E-state index in [-0.39, 0.29) is 23.2 Å². The van der Waals surface area contributed by atoms with E-state index in [0.29, 0.717) is 0 Å². The third-order valence-electron chi connectivity index (χ3n) is 9.82. The Kier molecular flexibility index (Phi) is 4.47. The summed E-state index contributed by atoms with van der Waals surface area (Å²) in [5, 5.41) is 7.59. The Morgan fingerprint density at radius 2 is 1.27 bits per heavy atom. The smallest absolute Gasteiger partial charge is 0.123 e. The summed E-state index contributed by atoms with van der Waals surface area (Å²) >= 11 is 0. The van der Waals surface area contributed by atoms with Gasteiger partial charge in [0.05, 0.1) is 6.04 Å². The van der Waals surface area contributed by atoms with Crippen molar-refractivity contribution in [2.75, 3.05) is 4.90 Å². The Morgan fingerprint density at radius 1 is 0.634 bits per heavy atom. The van der Waals surface area contributed by atoms with E-state index in [0.717, 1.165) is 16.9 Å². The van der Waals surface area contributed by atoms with E-state index in [2.05, 4.69) is 122 Å². The molecule has 1 nitrogen and oxygen atoms in total. The van der Waals surface area contributed by atoms with Gasteiger partial charge >= 0.3 is 0 Å². The molecular formula is C39H28FN. The molecule has 3 aliphatic rings. The molecule has 1 heterocycles. The van der Waals surface area contributed by atoms with Crippen LogP contribution in [0.3, 0.4) is 0 Å². The zero-order valence-corrected chi connectivity index (χ0v) is 23.0. The van der Waals surface area contributed by atoms with Gasteiger partial charge in [0.25, 0.3) is 0 Å². The third kappa shape index (κ3) is 3.00. The lowest BCUT2D eigenvalue weighted by molar-refractivity contribution is 0.622. The fourth-order valence-corrected chi connectivity index (χ4v) is 7.96. The van der Waals surface area contributed by atoms with Gasteiger partial charge in [-0.15, -0.1) is 0 Å². The number of hydrogen-bond donors (Lipinski definition) is 0. The molecule has 41 heavy (non-hydrogen) atoms. The summed E-state index contributed by atoms with van der Waals surface area (Å²) in [5.41, 5.74) is 8.55. The second kappa shape index (κ2) is 7.95. The second-order valence-corrected chi connectivity index (χ2v) is 12.2. The molecule has 2 atom stereocenters. The Morgan fingerprint density at radius 3 is 2.00 bits per heavy atom. The van der Waals surface area contributed by atoms with E-state index in [1.54, 1.807) is 12.1 Å². The van der Waals surface area contributed by atoms with Crippen molar-refractivity contribution < 1.29 is 4.39 Å². The molecule has 196 valence electrons. The minimum Gasteiger partial charge on any atom is -0.333 e. The van der Waals surface area contributed by atoms with Crippen LogP contribution >= 0.6 is 0 Å². The van der Waals surface area contributed by atoms with Crippen LogP contribution in [0.1, 0.15) is 36.5 Å². The van der Waals surface area contributed by atoms with Gasteiger partial charge in [-0.05, 0) is 90.5 Å². The Hall–Kier alpha value is -4.69. The molecular weight excluding hydrogens is 501 g/mol. The Balaban J connectivity index is 1.30. The summed E-state index contributed by atoms with van der Waals surface area (Å²) in [5.74, 6) is -0.105. The number of allylic oxidation sites excluding steroid dienone is 2. The van der Waals surface area contributed by atoms with Crippen molar-refractivity contribution in [3.63, 3.8) is 0 Å². The minimum absolute atomic E-state index is 0.0725. The molecule has 0 saturated heterocycles. The first-order valence-corrected chi connectivity index (χ1v) is 14.5. The Labute approximate surface area is 238 Å². The predicted molar refractivity (Wildman–Crippen MR) is 170 cm³/mol. The van der Waals surface area contributed by atoms with Gasteiger partial charge in [-0.3, -0.25) is 0 Å². The molecule has 0 aromatic heterocycles. The van der Waals surface area contributed by atoms with Crippen LogP contribution < -0.4 is 4.90 Å². The average Bonchev–Trinajstić information content (AvgIpc) is 3.44. The molecule has 0 saturated carbocycles. The van der Waals surface area contributed by atoms with Crippen LogP contribution in [0, 0.1) is 5.82 Å². The summed E-state index contributed by atoms with van der Waals surface area (Å²) < 4.78 is 14.8. The van der Waals surface area contributed by atoms with Crippen LogP contribution in [0.4, 0.5) is 15.8 Å². The quantitative estimate of drug-likeness (QED) is 0.192. The lowest BCUT2D eigenvalue weighted by Crippen LogP contribution is -2.31. The van der Waals surface area contributed by atoms with Gasteiger partial charge in [0.1, 0.15) is 5.82 Å². The highest BCUT2D eigenvalue weighted by atomic mass is 19.1. The van der Waals surface area contributed by atoms with Crippen LogP contribution in [0.15, 0.2) is 127 Å². The van der Waals surface area contributed by atoms with Gasteiger partial charge in [0.2, 0.25) is 0 Å². The molecule has 0 N–H and O–H groups in total. The van der Waals surface area contributed by atoms with Gasteiger partial charge in [-0.1, -0.05) is 105 Å². The third-order valence-corrected chi connectivity index (χ3v) is 9.82. The molecule has 0 bridgehead atoms. The zero-order valence-electron chi connectivity index (χ0n) is 23.0. The first-order valence-electron chi connectivity index (χ1n) is 14.5. The first-order chi connectivity index (χ1) is 20.0. The maximum atomic E-state index is 14.8. The predicted octanol–water partition coefficient (Wildman–Crippen LogP) is 10.2. The van der Waals surface area contributed by atoms with Crippen molar-refractivity contribution in [1.29, 1.82) is 0 Å². The summed E-state index contributed by atoms with van der Waals surface area (Å²) in [6.45, 7) is 4.66. The monoisotopic (exact) mass is 529 g/mol. The van der Waals surface area contributed by atoms with E-state index >= 15 is 0 Å². The lowest BCUT2D eigenvalue weighted by atomic mass is 9.77. The molecule has 1 aliphatic heterocycles. The first kappa shape index (κ1) is 23.1. The minimum atomic E-state index is -0.180. The molecule has 0 amide bonds. The summed E-state index contributed by atoms with van der Waals surface area (Å²) in [4.78, 5) is 2.45. The molecule has 0 spiro atoms. The zero-order chi connectivity index (χ0) is 27.5. The van der Waals surface area contributed by atoms with E-state index in [9.17, 15) is 4.39 Å². The highest BCUT2D eigenvalue weighted by molar-refractivity contribution is 6.25. The van der Waals surface area contributed by atoms with Crippen LogP contribution in [-0.4, -0.2) is 6.04 Å². The van der Waals surface area contributed by atoms with E-state index < -0.39 is 0 Å². The summed E-state index contributed by atoms with van der Waals surface area (Å²) in [7, 11) is 0. The number of nitrogens with zero attached hydrogens (tertiary/aromatic N) is 1. The van der Waals surface area contributed by atoms with Gasteiger partial charge in [-0.25, -0.2) is 4.39 Å². The number of anilines is 2. The molecule has 6 aromatic rings. The highest BCUT2D eigenvalue weighted by Crippen LogP contribution is 2.57. The van der Waals surface area contributed by atoms with E-state index in [1.165, 1.54) is 54.6 Å². The van der Waals surface area contributed by atoms with E-state index in [1.807, 2.05) is 6.07 Å². The molecule has 0 radical (unpaired) electrons. The standard InChI is InChI=1S/C39H28FN/c1-39(2)35-14-8-7-13-30(35)32-21-34-33-19-23(40)15-18-37(33)41(38(34)22-36(32)39)24-16-17-29-27-11-4-3-9-25(27)26-10-5-6-12-28(26)31(29)20-24/h3-22,34,38H,1-2H3. The van der Waals surface area contributed by atoms with Gasteiger partial charge < -0.3 is 4.90 Å². The van der Waals surface area contributed by atoms with Crippen molar-refractivity contribution in [3.8, 4) is 0 Å². The summed E-state index contributed by atoms with van der Waals surface area (Å²) in [6, 6.07) is 38.5. The molecule has 0 fully saturated rings. The topological polar surface area (TPSA) is 3.24 Å². The Bertz CT molecular complexity index is 2130. The molecule has 2 heteroatoms. The molecule has 2 aliphatic carbocycles. The van der Waals surface area contributed by atoms with Crippen molar-refractivity contribution in [2.45, 2.75) is 31.2 Å². The average molecular weight is 530 g/mol. The summed E-state index contributed by atoms with van der Waals surface area (Å²) in [6.07, 6.45) is 4.89. The van der Waals surface area contributed by atoms with Crippen molar-refractivity contribution in [1.82, 2.24) is 0 Å². The lowest BCUT2D eigenvalue weighted by Gasteiger charge is -2.33. The van der Waals surface area contributed by atoms with Crippen molar-refractivity contribution >= 4 is 49.3 Å². The molecule has 6 aromatic carbocycles. The van der Waals surface area contributed by atoms with Crippen molar-refractivity contribution in [2.24, 2.45) is 0 Å². The van der Waals surface area contributed by atoms with Crippen LogP contribution in [0.2, 0.25) is 0 Å². The van der Waals surface area contributed by atoms with Crippen molar-refractivity contribution in [3.05, 3.63) is 149 Å². The number of hydrogen-bond acceptors (Lipinski definition) is 1. The number of halogens is 1. The fraction of sp³-hybridized carbons (Fsp3) is 0.128. The van der Waals surface area contributed by atoms with Crippen LogP contribution in [0.5, 0.6) is 0 Å². The fourth-order valence-electron chi connectivity index (χ4n) is 7.96. The van der Waals surface area contributed by atoms with Gasteiger partial charge in [0, 0.05) is 22.7 Å². The normalized spacial score (nSPS) is 20.0. The maximum absolute atomic E-state index is 14.8. The SMILES string of the molecule is CC1(C)C2=CC3C(C=C2c2ccccc21)c1cc(F)ccc1N3c1ccc2c3ccccc3c3ccccc3c2c1. The van der Waals surface area contributed by atoms with Crippen LogP contribution in [0.25, 0.3) is 37.9 Å². The highest BCUT2D eigenvalue weighted by Gasteiger charge is 2.46. The second-order valence-electron chi connectivity index (χ2n) is 12.2. The molecule has 9 rings (SSSR count). The number of fused-ring (bicyclic) bond motifs is 12. The largest absolute Gasteiger partial charge is 0.333 e. The number of rotatable bonds is 1. The van der Waals surface area contributed by atoms with Gasteiger partial charge in [0.15, 0.2) is 0 Å². The van der Waals surface area contributed by atoms with Crippen LogP contribution in [-0.2, 0) is 5.41 Å². The molecule has 2 unspecified atom stereocenters. The van der Waals surface area contributed by atoms with E-state index in [4.69, 9.17) is 0 Å². The number of benzene rings is 6.